The summed E-state index contributed by atoms with van der Waals surface area (Å²) in [6, 6.07) is 59.9. The van der Waals surface area contributed by atoms with Gasteiger partial charge in [0, 0.05) is 118 Å². The molecule has 0 fully saturated rings. The van der Waals surface area contributed by atoms with E-state index in [1.807, 2.05) is 179 Å². The van der Waals surface area contributed by atoms with Crippen LogP contribution in [0.15, 0.2) is 226 Å². The average molecular weight is 1990 g/mol. The lowest BCUT2D eigenvalue weighted by Crippen LogP contribution is -2.17. The fourth-order valence-electron chi connectivity index (χ4n) is 17.3. The van der Waals surface area contributed by atoms with Crippen molar-refractivity contribution in [2.45, 2.75) is 152 Å². The number of carbonyl (C=O) groups excluding carboxylic acids is 5. The van der Waals surface area contributed by atoms with Gasteiger partial charge in [-0.15, -0.1) is 86.1 Å². The predicted molar refractivity (Wildman–Crippen MR) is 557 cm³/mol. The molecule has 13 heterocycles. The zero-order valence-corrected chi connectivity index (χ0v) is 85.1. The summed E-state index contributed by atoms with van der Waals surface area (Å²) in [5.74, 6) is 4.06. The van der Waals surface area contributed by atoms with E-state index in [0.717, 1.165) is 162 Å². The van der Waals surface area contributed by atoms with E-state index in [-0.39, 0.29) is 61.2 Å². The molecule has 29 nitrogen and oxygen atoms in total. The maximum Gasteiger partial charge on any atom is 0.308 e. The first-order valence-corrected chi connectivity index (χ1v) is 49.7. The zero-order chi connectivity index (χ0) is 100. The molecular formula is C107H103ClFN21O8S4. The standard InChI is InChI=1S/C29H29N5O3S.C27H26FN5O2S.C27H27N5O2S.C24H21ClN6OS/c1-17-18(2)38-29-26(17)27(31-23(16-25(36)37-4)28-33-32-19(3)34(28)29)21-11-13-22(14-12-21)30-24(35)15-10-20-8-6-5-7-9-20;1-15-16(2)36-27-24(15)25(29-22(14-23(34)35-5)26-31-30-17(3)33(26)27)18-6-10-20(11-7-18)32(4)21-12-8-19(28)9-13-21;1-16-17(2)35-27-24(16)25(29-22(14-23(33)34-4)26-31-30-18(3)32(26)27)20-10-12-21(13-11-20)28-15-19-8-6-5-7-9-19;1-13-14(2)33-24-21(13)22(16-6-8-17(25)9-7-16)28-19(23-30-29-15(3)31(23)24)11-20(32)27-18-5-4-10-26-12-18/h5-9,11-14,23H,10,15-16H2,1-4H3,(H,30,35);6-13,22H,14H2,1-5H3;5-13,22,28H,14-15H2,1-4H3;4-10,12,19H,11H2,1-3H3,(H,27,32)/t23-;2*22-;/m000./s1. The molecule has 0 bridgehead atoms. The molecule has 4 aliphatic rings. The Labute approximate surface area is 841 Å². The number of carbonyl (C=O) groups is 5. The number of ether oxygens (including phenoxy) is 3. The molecule has 0 saturated carbocycles. The van der Waals surface area contributed by atoms with Crippen LogP contribution in [0, 0.1) is 88.9 Å². The maximum atomic E-state index is 13.4. The van der Waals surface area contributed by atoms with E-state index in [0.29, 0.717) is 46.8 Å². The van der Waals surface area contributed by atoms with Crippen LogP contribution in [0.2, 0.25) is 5.02 Å². The second-order valence-electron chi connectivity index (χ2n) is 34.5. The first-order chi connectivity index (χ1) is 68.5. The number of halogens is 2. The summed E-state index contributed by atoms with van der Waals surface area (Å²) in [5.41, 5.74) is 22.3. The zero-order valence-electron chi connectivity index (χ0n) is 81.1. The summed E-state index contributed by atoms with van der Waals surface area (Å²) in [6.45, 7) is 25.2. The lowest BCUT2D eigenvalue weighted by Gasteiger charge is -2.20. The highest BCUT2D eigenvalue weighted by atomic mass is 35.5. The van der Waals surface area contributed by atoms with Crippen LogP contribution in [-0.2, 0) is 51.1 Å². The minimum absolute atomic E-state index is 0.0356. The molecule has 16 aromatic rings. The average Bonchev–Trinajstić information content (AvgIpc) is 1.60. The Balaban J connectivity index is 0.000000130. The number of hydrogen-bond acceptors (Lipinski definition) is 27. The highest BCUT2D eigenvalue weighted by molar-refractivity contribution is 7.16. The van der Waals surface area contributed by atoms with Gasteiger partial charge in [-0.05, 0) is 208 Å². The van der Waals surface area contributed by atoms with E-state index in [4.69, 9.17) is 45.8 Å². The van der Waals surface area contributed by atoms with Crippen LogP contribution in [-0.4, -0.2) is 145 Å². The number of aliphatic imine (C=N–C) groups is 4. The summed E-state index contributed by atoms with van der Waals surface area (Å²) < 4.78 is 36.3. The molecule has 4 aliphatic heterocycles. The SMILES string of the molecule is COC(=O)C[C@@H]1N=C(c2ccc(N(C)c3ccc(F)cc3)cc2)c2c(sc(C)c2C)-n2c(C)nnc21.COC(=O)C[C@@H]1N=C(c2ccc(NC(=O)CCc3ccccc3)cc2)c2c(sc(C)c2C)-n2c(C)nnc21.COC(=O)C[C@@H]1N=C(c2ccc(NCc3ccccc3)cc2)c2c(sc(C)c2C)-n2c(C)nnc21.Cc1sc2c(c1C)C(c1ccc(Cl)cc1)=NC(CC(=O)Nc1cccnc1)c1nnc(C)n1-2. The molecule has 2 amide bonds. The summed E-state index contributed by atoms with van der Waals surface area (Å²) in [4.78, 5) is 93.5. The third kappa shape index (κ3) is 20.9. The van der Waals surface area contributed by atoms with Gasteiger partial charge in [0.05, 0.1) is 81.7 Å². The van der Waals surface area contributed by atoms with Gasteiger partial charge in [-0.25, -0.2) is 4.39 Å². The highest BCUT2D eigenvalue weighted by Crippen LogP contribution is 2.46. The molecule has 722 valence electrons. The van der Waals surface area contributed by atoms with E-state index >= 15 is 0 Å². The van der Waals surface area contributed by atoms with Gasteiger partial charge >= 0.3 is 17.9 Å². The third-order valence-electron chi connectivity index (χ3n) is 25.3. The fourth-order valence-corrected chi connectivity index (χ4v) is 22.3. The number of amides is 2. The van der Waals surface area contributed by atoms with Crippen molar-refractivity contribution in [3.05, 3.63) is 361 Å². The molecule has 9 aromatic heterocycles. The molecule has 0 radical (unpaired) electrons. The van der Waals surface area contributed by atoms with Gasteiger partial charge in [0.1, 0.15) is 73.3 Å². The van der Waals surface area contributed by atoms with Crippen molar-refractivity contribution >= 4 is 138 Å². The monoisotopic (exact) mass is 1990 g/mol. The van der Waals surface area contributed by atoms with Gasteiger partial charge in [0.2, 0.25) is 11.8 Å². The van der Waals surface area contributed by atoms with Gasteiger partial charge in [-0.2, -0.15) is 0 Å². The van der Waals surface area contributed by atoms with E-state index in [1.165, 1.54) is 64.1 Å². The Kier molecular flexibility index (Phi) is 29.8. The number of thiophene rings is 4. The first kappa shape index (κ1) is 98.5. The number of esters is 3. The van der Waals surface area contributed by atoms with Crippen LogP contribution in [0.25, 0.3) is 20.0 Å². The number of fused-ring (bicyclic) bond motifs is 12. The number of methoxy groups -OCH3 is 3. The van der Waals surface area contributed by atoms with Gasteiger partial charge in [-0.3, -0.25) is 67.2 Å². The molecule has 0 spiro atoms. The number of aryl methyl sites for hydroxylation is 9. The van der Waals surface area contributed by atoms with Gasteiger partial charge in [0.15, 0.2) is 23.3 Å². The topological polar surface area (TPSA) is 338 Å². The van der Waals surface area contributed by atoms with Crippen LogP contribution < -0.4 is 20.9 Å². The van der Waals surface area contributed by atoms with Gasteiger partial charge < -0.3 is 35.1 Å². The summed E-state index contributed by atoms with van der Waals surface area (Å²) in [5, 5.41) is 48.9. The Morgan fingerprint density at radius 2 is 0.711 bits per heavy atom. The molecule has 0 saturated heterocycles. The summed E-state index contributed by atoms with van der Waals surface area (Å²) in [7, 11) is 6.08. The number of hydrogen-bond donors (Lipinski definition) is 3. The molecule has 0 aliphatic carbocycles. The van der Waals surface area contributed by atoms with Crippen molar-refractivity contribution < 1.29 is 42.6 Å². The molecule has 7 aromatic carbocycles. The number of benzene rings is 7. The molecule has 20 rings (SSSR count). The number of nitrogens with one attached hydrogen (secondary N) is 3. The third-order valence-corrected chi connectivity index (χ3v) is 30.3. The number of nitrogens with zero attached hydrogens (tertiary/aromatic N) is 18. The Hall–Kier alpha value is -15.1. The largest absolute Gasteiger partial charge is 0.469 e. The predicted octanol–water partition coefficient (Wildman–Crippen LogP) is 21.4. The quantitative estimate of drug-likeness (QED) is 0.0419. The van der Waals surface area contributed by atoms with Crippen molar-refractivity contribution in [2.24, 2.45) is 20.0 Å². The first-order valence-electron chi connectivity index (χ1n) is 46.0. The Morgan fingerprint density at radius 1 is 0.380 bits per heavy atom. The Morgan fingerprint density at radius 3 is 1.07 bits per heavy atom. The van der Waals surface area contributed by atoms with Crippen LogP contribution in [0.3, 0.4) is 0 Å². The van der Waals surface area contributed by atoms with E-state index < -0.39 is 24.2 Å². The number of pyridine rings is 1. The van der Waals surface area contributed by atoms with Crippen molar-refractivity contribution in [1.29, 1.82) is 0 Å². The lowest BCUT2D eigenvalue weighted by molar-refractivity contribution is -0.142. The van der Waals surface area contributed by atoms with E-state index in [2.05, 4.69) is 154 Å². The normalized spacial score (nSPS) is 14.5. The summed E-state index contributed by atoms with van der Waals surface area (Å²) in [6.07, 6.45) is 4.71. The molecule has 3 N–H and O–H groups in total. The van der Waals surface area contributed by atoms with Crippen LogP contribution in [0.1, 0.15) is 200 Å². The molecule has 142 heavy (non-hydrogen) atoms. The van der Waals surface area contributed by atoms with Crippen molar-refractivity contribution in [3.8, 4) is 20.0 Å². The van der Waals surface area contributed by atoms with Gasteiger partial charge in [-0.1, -0.05) is 121 Å². The minimum atomic E-state index is -0.546. The van der Waals surface area contributed by atoms with Crippen molar-refractivity contribution in [3.63, 3.8) is 0 Å². The lowest BCUT2D eigenvalue weighted by atomic mass is 9.99. The van der Waals surface area contributed by atoms with Gasteiger partial charge in [0.25, 0.3) is 0 Å². The number of rotatable bonds is 22. The minimum Gasteiger partial charge on any atom is -0.469 e. The van der Waals surface area contributed by atoms with E-state index in [1.54, 1.807) is 82.0 Å². The second-order valence-corrected chi connectivity index (χ2v) is 39.8. The number of anilines is 5. The molecule has 35 heteroatoms. The van der Waals surface area contributed by atoms with Crippen LogP contribution in [0.4, 0.5) is 32.8 Å². The maximum absolute atomic E-state index is 13.4. The molecule has 1 unspecified atom stereocenters. The van der Waals surface area contributed by atoms with Crippen molar-refractivity contribution in [1.82, 2.24) is 64.0 Å². The second kappa shape index (κ2) is 42.9. The summed E-state index contributed by atoms with van der Waals surface area (Å²) >= 11 is 12.9. The van der Waals surface area contributed by atoms with Crippen molar-refractivity contribution in [2.75, 3.05) is 49.2 Å². The fraction of sp³-hybridized carbons (Fsp3) is 0.252. The number of aromatic nitrogens is 13. The van der Waals surface area contributed by atoms with Crippen LogP contribution >= 0.6 is 56.9 Å². The Bertz CT molecular complexity index is 7550. The smallest absolute Gasteiger partial charge is 0.308 e. The van der Waals surface area contributed by atoms with E-state index in [9.17, 15) is 28.4 Å². The van der Waals surface area contributed by atoms with Crippen LogP contribution in [0.5, 0.6) is 0 Å². The molecule has 4 atom stereocenters. The highest BCUT2D eigenvalue weighted by Gasteiger charge is 2.39. The molecular weight excluding hydrogens is 1890 g/mol.